The first-order chi connectivity index (χ1) is 11.6. The van der Waals surface area contributed by atoms with E-state index in [9.17, 15) is 49.1 Å². The number of nitrogens with zero attached hydrogens (tertiary/aromatic N) is 1. The predicted octanol–water partition coefficient (Wildman–Crippen LogP) is 3.58. The molecule has 4 nitrogen and oxygen atoms in total. The molecule has 1 heterocycles. The minimum Gasteiger partial charge on any atom is -0.303 e. The molecule has 0 aliphatic heterocycles. The van der Waals surface area contributed by atoms with Crippen molar-refractivity contribution in [1.82, 2.24) is 9.55 Å². The summed E-state index contributed by atoms with van der Waals surface area (Å²) in [5.74, 6) is 0. The molecule has 0 atom stereocenters. The van der Waals surface area contributed by atoms with Crippen molar-refractivity contribution in [3.05, 3.63) is 61.9 Å². The lowest BCUT2D eigenvalue weighted by molar-refractivity contribution is -0.143. The second kappa shape index (κ2) is 5.92. The van der Waals surface area contributed by atoms with Gasteiger partial charge in [0.15, 0.2) is 0 Å². The van der Waals surface area contributed by atoms with E-state index in [1.807, 2.05) is 0 Å². The molecule has 1 N–H and O–H groups in total. The molecule has 0 amide bonds. The smallest absolute Gasteiger partial charge is 0.303 e. The van der Waals surface area contributed by atoms with E-state index in [1.165, 1.54) is 4.98 Å². The fourth-order valence-corrected chi connectivity index (χ4v) is 1.96. The highest BCUT2D eigenvalue weighted by atomic mass is 19.4. The first kappa shape index (κ1) is 19.6. The second-order valence-electron chi connectivity index (χ2n) is 4.92. The summed E-state index contributed by atoms with van der Waals surface area (Å²) in [5.41, 5.74) is -10.3. The van der Waals surface area contributed by atoms with Gasteiger partial charge in [-0.1, -0.05) is 0 Å². The number of halogens is 9. The highest BCUT2D eigenvalue weighted by Gasteiger charge is 2.38. The lowest BCUT2D eigenvalue weighted by Gasteiger charge is -2.15. The summed E-state index contributed by atoms with van der Waals surface area (Å²) >= 11 is 0. The molecule has 0 fully saturated rings. The van der Waals surface area contributed by atoms with Crippen LogP contribution < -0.4 is 11.2 Å². The fraction of sp³-hybridized carbons (Fsp3) is 0.231. The van der Waals surface area contributed by atoms with Gasteiger partial charge >= 0.3 is 24.2 Å². The first-order valence-corrected chi connectivity index (χ1v) is 6.34. The molecule has 0 saturated carbocycles. The van der Waals surface area contributed by atoms with Crippen molar-refractivity contribution in [2.45, 2.75) is 18.5 Å². The van der Waals surface area contributed by atoms with Crippen LogP contribution in [0.5, 0.6) is 0 Å². The summed E-state index contributed by atoms with van der Waals surface area (Å²) in [6, 6.07) is -0.333. The molecule has 1 aromatic heterocycles. The molecular formula is C13H5F9N2O2. The third kappa shape index (κ3) is 3.91. The Bertz CT molecular complexity index is 885. The standard InChI is InChI=1S/C13H5F9N2O2/c14-11(15,16)5-1-6(12(17,18)19)3-7(2-5)24-9(25)4-8(13(20,21)22)23-10(24)26/h1-4H,(H,23,26). The number of aromatic nitrogens is 2. The van der Waals surface area contributed by atoms with Gasteiger partial charge in [-0.25, -0.2) is 9.36 Å². The van der Waals surface area contributed by atoms with Crippen molar-refractivity contribution in [2.75, 3.05) is 0 Å². The van der Waals surface area contributed by atoms with Gasteiger partial charge in [-0.3, -0.25) is 4.79 Å². The summed E-state index contributed by atoms with van der Waals surface area (Å²) in [7, 11) is 0. The number of hydrogen-bond acceptors (Lipinski definition) is 2. The van der Waals surface area contributed by atoms with E-state index < -0.39 is 52.3 Å². The fourth-order valence-electron chi connectivity index (χ4n) is 1.96. The van der Waals surface area contributed by atoms with Gasteiger partial charge in [0.25, 0.3) is 5.56 Å². The maximum atomic E-state index is 12.8. The van der Waals surface area contributed by atoms with Crippen molar-refractivity contribution in [3.63, 3.8) is 0 Å². The van der Waals surface area contributed by atoms with Crippen molar-refractivity contribution in [3.8, 4) is 5.69 Å². The summed E-state index contributed by atoms with van der Waals surface area (Å²) in [6.07, 6.45) is -15.7. The highest BCUT2D eigenvalue weighted by molar-refractivity contribution is 5.42. The summed E-state index contributed by atoms with van der Waals surface area (Å²) in [4.78, 5) is 24.6. The molecule has 0 bridgehead atoms. The Labute approximate surface area is 136 Å². The number of rotatable bonds is 1. The monoisotopic (exact) mass is 392 g/mol. The maximum Gasteiger partial charge on any atom is 0.431 e. The largest absolute Gasteiger partial charge is 0.431 e. The van der Waals surface area contributed by atoms with Crippen molar-refractivity contribution in [2.24, 2.45) is 0 Å². The molecule has 0 aliphatic carbocycles. The van der Waals surface area contributed by atoms with E-state index in [-0.39, 0.29) is 28.8 Å². The van der Waals surface area contributed by atoms with E-state index in [2.05, 4.69) is 0 Å². The maximum absolute atomic E-state index is 12.8. The van der Waals surface area contributed by atoms with Crippen molar-refractivity contribution in [1.29, 1.82) is 0 Å². The Hall–Kier alpha value is -2.73. The molecule has 0 spiro atoms. The summed E-state index contributed by atoms with van der Waals surface area (Å²) in [6.45, 7) is 0. The zero-order valence-electron chi connectivity index (χ0n) is 12.0. The minimum atomic E-state index is -5.27. The Kier molecular flexibility index (Phi) is 4.46. The van der Waals surface area contributed by atoms with Crippen LogP contribution in [0.2, 0.25) is 0 Å². The predicted molar refractivity (Wildman–Crippen MR) is 67.7 cm³/mol. The van der Waals surface area contributed by atoms with Gasteiger partial charge in [0.05, 0.1) is 16.8 Å². The van der Waals surface area contributed by atoms with Crippen LogP contribution in [-0.4, -0.2) is 9.55 Å². The Morgan fingerprint density at radius 2 is 1.15 bits per heavy atom. The van der Waals surface area contributed by atoms with Gasteiger partial charge in [0.2, 0.25) is 0 Å². The van der Waals surface area contributed by atoms with E-state index in [1.54, 1.807) is 0 Å². The normalized spacial score (nSPS) is 13.1. The van der Waals surface area contributed by atoms with E-state index in [0.29, 0.717) is 0 Å². The molecule has 2 rings (SSSR count). The summed E-state index contributed by atoms with van der Waals surface area (Å²) in [5, 5.41) is 0. The molecule has 0 saturated heterocycles. The van der Waals surface area contributed by atoms with Gasteiger partial charge in [-0.05, 0) is 18.2 Å². The van der Waals surface area contributed by atoms with E-state index in [4.69, 9.17) is 0 Å². The first-order valence-electron chi connectivity index (χ1n) is 6.34. The van der Waals surface area contributed by atoms with Gasteiger partial charge in [-0.15, -0.1) is 0 Å². The SMILES string of the molecule is O=c1cc(C(F)(F)F)[nH]c(=O)n1-c1cc(C(F)(F)F)cc(C(F)(F)F)c1. The van der Waals surface area contributed by atoms with Gasteiger partial charge in [0.1, 0.15) is 5.69 Å². The Morgan fingerprint density at radius 1 is 0.692 bits per heavy atom. The number of benzene rings is 1. The zero-order valence-corrected chi connectivity index (χ0v) is 12.0. The van der Waals surface area contributed by atoms with Crippen LogP contribution in [-0.2, 0) is 18.5 Å². The Morgan fingerprint density at radius 3 is 1.50 bits per heavy atom. The molecule has 142 valence electrons. The molecule has 26 heavy (non-hydrogen) atoms. The van der Waals surface area contributed by atoms with Crippen LogP contribution in [0.15, 0.2) is 33.9 Å². The van der Waals surface area contributed by atoms with Crippen LogP contribution in [0.25, 0.3) is 5.69 Å². The summed E-state index contributed by atoms with van der Waals surface area (Å²) < 4.78 is 114. The van der Waals surface area contributed by atoms with Crippen LogP contribution in [0.1, 0.15) is 16.8 Å². The molecule has 0 unspecified atom stereocenters. The van der Waals surface area contributed by atoms with E-state index in [0.717, 1.165) is 0 Å². The third-order valence-corrected chi connectivity index (χ3v) is 3.07. The van der Waals surface area contributed by atoms with Crippen LogP contribution in [0, 0.1) is 0 Å². The number of H-pyrrole nitrogens is 1. The van der Waals surface area contributed by atoms with Gasteiger partial charge < -0.3 is 4.98 Å². The molecule has 1 aromatic carbocycles. The number of nitrogens with one attached hydrogen (secondary N) is 1. The number of hydrogen-bond donors (Lipinski definition) is 1. The van der Waals surface area contributed by atoms with Gasteiger partial charge in [0, 0.05) is 6.07 Å². The topological polar surface area (TPSA) is 54.9 Å². The molecule has 0 radical (unpaired) electrons. The average Bonchev–Trinajstić information content (AvgIpc) is 2.43. The third-order valence-electron chi connectivity index (χ3n) is 3.07. The minimum absolute atomic E-state index is 0.0408. The van der Waals surface area contributed by atoms with Gasteiger partial charge in [-0.2, -0.15) is 39.5 Å². The van der Waals surface area contributed by atoms with Crippen molar-refractivity contribution >= 4 is 0 Å². The quantitative estimate of drug-likeness (QED) is 0.755. The highest BCUT2D eigenvalue weighted by Crippen LogP contribution is 2.36. The van der Waals surface area contributed by atoms with E-state index >= 15 is 0 Å². The Balaban J connectivity index is 2.81. The van der Waals surface area contributed by atoms with Crippen LogP contribution in [0.4, 0.5) is 39.5 Å². The molecule has 0 aliphatic rings. The number of alkyl halides is 9. The zero-order chi connectivity index (χ0) is 20.1. The molecule has 2 aromatic rings. The van der Waals surface area contributed by atoms with Crippen LogP contribution >= 0.6 is 0 Å². The molecule has 13 heteroatoms. The average molecular weight is 392 g/mol. The lowest BCUT2D eigenvalue weighted by atomic mass is 10.1. The van der Waals surface area contributed by atoms with Crippen molar-refractivity contribution < 1.29 is 39.5 Å². The lowest BCUT2D eigenvalue weighted by Crippen LogP contribution is -2.36. The number of aromatic amines is 1. The second-order valence-corrected chi connectivity index (χ2v) is 4.92. The molecular weight excluding hydrogens is 387 g/mol. The van der Waals surface area contributed by atoms with Crippen LogP contribution in [0.3, 0.4) is 0 Å².